The van der Waals surface area contributed by atoms with Crippen LogP contribution in [-0.4, -0.2) is 22.8 Å². The number of hydrogen-bond donors (Lipinski definition) is 2. The van der Waals surface area contributed by atoms with Crippen LogP contribution in [-0.2, 0) is 9.63 Å². The molecule has 0 aromatic heterocycles. The van der Waals surface area contributed by atoms with Crippen LogP contribution in [0.25, 0.3) is 0 Å². The average Bonchev–Trinajstić information content (AvgIpc) is 2.43. The Balaban J connectivity index is 2.55. The van der Waals surface area contributed by atoms with Crippen molar-refractivity contribution in [1.29, 1.82) is 0 Å². The fourth-order valence-electron chi connectivity index (χ4n) is 1.59. The van der Waals surface area contributed by atoms with E-state index in [4.69, 9.17) is 0 Å². The first-order valence-corrected chi connectivity index (χ1v) is 6.50. The van der Waals surface area contributed by atoms with Gasteiger partial charge in [0.2, 0.25) is 0 Å². The number of carbonyl (C=O) groups excluding carboxylic acids is 2. The average molecular weight is 307 g/mol. The fourth-order valence-corrected chi connectivity index (χ4v) is 1.59. The van der Waals surface area contributed by atoms with Crippen molar-refractivity contribution in [2.24, 2.45) is 0 Å². The summed E-state index contributed by atoms with van der Waals surface area (Å²) in [6.07, 6.45) is 1.20. The zero-order chi connectivity index (χ0) is 16.7. The van der Waals surface area contributed by atoms with Gasteiger partial charge >= 0.3 is 5.97 Å². The van der Waals surface area contributed by atoms with Crippen molar-refractivity contribution in [1.82, 2.24) is 10.8 Å². The van der Waals surface area contributed by atoms with Crippen LogP contribution in [0.5, 0.6) is 0 Å². The summed E-state index contributed by atoms with van der Waals surface area (Å²) in [7, 11) is 0. The molecule has 0 unspecified atom stereocenters. The van der Waals surface area contributed by atoms with E-state index in [-0.39, 0.29) is 17.3 Å². The number of hydrogen-bond acceptors (Lipinski definition) is 6. The maximum atomic E-state index is 11.7. The van der Waals surface area contributed by atoms with Crippen LogP contribution in [0.1, 0.15) is 31.1 Å². The summed E-state index contributed by atoms with van der Waals surface area (Å²) in [4.78, 5) is 37.7. The Kier molecular flexibility index (Phi) is 6.06. The highest BCUT2D eigenvalue weighted by Gasteiger charge is 2.11. The van der Waals surface area contributed by atoms with E-state index >= 15 is 0 Å². The molecule has 0 spiro atoms. The lowest BCUT2D eigenvalue weighted by atomic mass is 10.2. The monoisotopic (exact) mass is 307 g/mol. The number of nitro groups is 1. The van der Waals surface area contributed by atoms with Gasteiger partial charge in [0.1, 0.15) is 0 Å². The van der Waals surface area contributed by atoms with E-state index in [9.17, 15) is 19.7 Å². The zero-order valence-electron chi connectivity index (χ0n) is 12.5. The number of allylic oxidation sites excluding steroid dienone is 1. The summed E-state index contributed by atoms with van der Waals surface area (Å²) in [5.41, 5.74) is 2.58. The van der Waals surface area contributed by atoms with Crippen molar-refractivity contribution >= 4 is 17.6 Å². The van der Waals surface area contributed by atoms with E-state index in [1.54, 1.807) is 6.92 Å². The molecule has 1 aromatic rings. The van der Waals surface area contributed by atoms with E-state index in [2.05, 4.69) is 10.2 Å². The Morgan fingerprint density at radius 2 is 1.86 bits per heavy atom. The molecular weight excluding hydrogens is 290 g/mol. The Morgan fingerprint density at radius 1 is 1.27 bits per heavy atom. The Morgan fingerprint density at radius 3 is 2.36 bits per heavy atom. The molecule has 1 amide bonds. The van der Waals surface area contributed by atoms with Gasteiger partial charge in [-0.25, -0.2) is 4.79 Å². The van der Waals surface area contributed by atoms with Gasteiger partial charge in [0.05, 0.1) is 4.92 Å². The third-order valence-corrected chi connectivity index (χ3v) is 2.44. The molecule has 22 heavy (non-hydrogen) atoms. The maximum Gasteiger partial charge on any atom is 0.357 e. The van der Waals surface area contributed by atoms with E-state index in [1.165, 1.54) is 30.3 Å². The highest BCUT2D eigenvalue weighted by Crippen LogP contribution is 2.11. The number of hydroxylamine groups is 1. The van der Waals surface area contributed by atoms with Gasteiger partial charge in [0, 0.05) is 35.5 Å². The van der Waals surface area contributed by atoms with Gasteiger partial charge < -0.3 is 10.2 Å². The number of carbonyl (C=O) groups is 2. The lowest BCUT2D eigenvalue weighted by Gasteiger charge is -2.09. The molecule has 0 aliphatic rings. The van der Waals surface area contributed by atoms with Crippen molar-refractivity contribution in [3.63, 3.8) is 0 Å². The highest BCUT2D eigenvalue weighted by atomic mass is 16.7. The summed E-state index contributed by atoms with van der Waals surface area (Å²) >= 11 is 0. The SMILES string of the molecule is C/C(=C/C(=O)ONC(=O)c1ccc([N+](=O)[O-])cc1)NC(C)C. The zero-order valence-corrected chi connectivity index (χ0v) is 12.5. The minimum Gasteiger partial charge on any atom is -0.386 e. The molecule has 2 N–H and O–H groups in total. The molecule has 118 valence electrons. The van der Waals surface area contributed by atoms with E-state index in [0.717, 1.165) is 0 Å². The van der Waals surface area contributed by atoms with Crippen molar-refractivity contribution in [2.75, 3.05) is 0 Å². The van der Waals surface area contributed by atoms with Gasteiger partial charge in [-0.3, -0.25) is 14.9 Å². The molecule has 0 fully saturated rings. The summed E-state index contributed by atoms with van der Waals surface area (Å²) in [6, 6.07) is 5.07. The quantitative estimate of drug-likeness (QED) is 0.486. The van der Waals surface area contributed by atoms with E-state index in [1.807, 2.05) is 19.3 Å². The molecule has 0 aliphatic heterocycles. The topological polar surface area (TPSA) is 111 Å². The second-order valence-electron chi connectivity index (χ2n) is 4.78. The largest absolute Gasteiger partial charge is 0.386 e. The number of benzene rings is 1. The third kappa shape index (κ3) is 5.61. The molecule has 1 rings (SSSR count). The third-order valence-electron chi connectivity index (χ3n) is 2.44. The van der Waals surface area contributed by atoms with Gasteiger partial charge in [-0.2, -0.15) is 5.48 Å². The highest BCUT2D eigenvalue weighted by molar-refractivity contribution is 5.95. The number of non-ortho nitro benzene ring substituents is 1. The first-order valence-electron chi connectivity index (χ1n) is 6.50. The van der Waals surface area contributed by atoms with Gasteiger partial charge in [0.25, 0.3) is 11.6 Å². The van der Waals surface area contributed by atoms with Crippen molar-refractivity contribution in [2.45, 2.75) is 26.8 Å². The molecule has 1 aromatic carbocycles. The molecule has 0 saturated carbocycles. The normalized spacial score (nSPS) is 11.0. The Labute approximate surface area is 127 Å². The van der Waals surface area contributed by atoms with Crippen LogP contribution in [0.2, 0.25) is 0 Å². The minimum absolute atomic E-state index is 0.133. The number of nitrogens with zero attached hydrogens (tertiary/aromatic N) is 1. The molecule has 0 radical (unpaired) electrons. The number of nitro benzene ring substituents is 1. The maximum absolute atomic E-state index is 11.7. The molecular formula is C14H17N3O5. The van der Waals surface area contributed by atoms with Crippen LogP contribution < -0.4 is 10.8 Å². The minimum atomic E-state index is -0.735. The van der Waals surface area contributed by atoms with Crippen molar-refractivity contribution in [3.8, 4) is 0 Å². The number of amides is 1. The van der Waals surface area contributed by atoms with Crippen molar-refractivity contribution < 1.29 is 19.3 Å². The van der Waals surface area contributed by atoms with Gasteiger partial charge in [-0.15, -0.1) is 0 Å². The summed E-state index contributed by atoms with van der Waals surface area (Å²) in [5, 5.41) is 13.5. The molecule has 0 heterocycles. The van der Waals surface area contributed by atoms with Gasteiger partial charge in [-0.05, 0) is 32.9 Å². The van der Waals surface area contributed by atoms with Crippen LogP contribution in [0.4, 0.5) is 5.69 Å². The molecule has 0 saturated heterocycles. The molecule has 0 atom stereocenters. The molecule has 0 aliphatic carbocycles. The summed E-state index contributed by atoms with van der Waals surface area (Å²) in [5.74, 6) is -1.41. The van der Waals surface area contributed by atoms with Crippen molar-refractivity contribution in [3.05, 3.63) is 51.7 Å². The van der Waals surface area contributed by atoms with E-state index in [0.29, 0.717) is 5.70 Å². The second-order valence-corrected chi connectivity index (χ2v) is 4.78. The number of rotatable bonds is 5. The smallest absolute Gasteiger partial charge is 0.357 e. The van der Waals surface area contributed by atoms with Crippen LogP contribution in [0.3, 0.4) is 0 Å². The second kappa shape index (κ2) is 7.77. The van der Waals surface area contributed by atoms with Gasteiger partial charge in [0.15, 0.2) is 0 Å². The molecule has 8 heteroatoms. The molecule has 0 bridgehead atoms. The standard InChI is InChI=1S/C14H17N3O5/c1-9(2)15-10(3)8-13(18)22-16-14(19)11-4-6-12(7-5-11)17(20)21/h4-9,15H,1-3H3,(H,16,19)/b10-8-. The Bertz CT molecular complexity index is 593. The Hall–Kier alpha value is -2.90. The summed E-state index contributed by atoms with van der Waals surface area (Å²) < 4.78 is 0. The lowest BCUT2D eigenvalue weighted by Crippen LogP contribution is -2.27. The summed E-state index contributed by atoms with van der Waals surface area (Å²) in [6.45, 7) is 5.53. The van der Waals surface area contributed by atoms with Gasteiger partial charge in [-0.1, -0.05) is 0 Å². The lowest BCUT2D eigenvalue weighted by molar-refractivity contribution is -0.384. The van der Waals surface area contributed by atoms with Crippen LogP contribution in [0, 0.1) is 10.1 Å². The fraction of sp³-hybridized carbons (Fsp3) is 0.286. The van der Waals surface area contributed by atoms with Crippen LogP contribution >= 0.6 is 0 Å². The molecule has 8 nitrogen and oxygen atoms in total. The first-order chi connectivity index (χ1) is 10.3. The van der Waals surface area contributed by atoms with Crippen LogP contribution in [0.15, 0.2) is 36.0 Å². The predicted molar refractivity (Wildman–Crippen MR) is 78.7 cm³/mol. The predicted octanol–water partition coefficient (Wildman–Crippen LogP) is 1.68. The first kappa shape index (κ1) is 17.2. The number of nitrogens with one attached hydrogen (secondary N) is 2. The van der Waals surface area contributed by atoms with E-state index < -0.39 is 16.8 Å².